The number of aryl methyl sites for hydroxylation is 3. The quantitative estimate of drug-likeness (QED) is 0.604. The SMILES string of the molecule is Cc1nc(S[C@H](C)C(=O)N(C)CCC#N)c2c3c(sc2n1)CCC3. The third-order valence-corrected chi connectivity index (χ3v) is 6.47. The molecule has 1 amide bonds. The van der Waals surface area contributed by atoms with Crippen LogP contribution in [0.5, 0.6) is 0 Å². The molecule has 0 saturated carbocycles. The molecule has 2 heterocycles. The smallest absolute Gasteiger partial charge is 0.235 e. The molecule has 2 aromatic rings. The number of amides is 1. The van der Waals surface area contributed by atoms with Crippen LogP contribution in [-0.4, -0.2) is 39.6 Å². The van der Waals surface area contributed by atoms with Gasteiger partial charge < -0.3 is 4.90 Å². The average molecular weight is 361 g/mol. The number of aromatic nitrogens is 2. The Morgan fingerprint density at radius 2 is 2.25 bits per heavy atom. The van der Waals surface area contributed by atoms with Crippen LogP contribution in [0.3, 0.4) is 0 Å². The fourth-order valence-electron chi connectivity index (χ4n) is 3.01. The lowest BCUT2D eigenvalue weighted by Crippen LogP contribution is -2.33. The summed E-state index contributed by atoms with van der Waals surface area (Å²) in [6, 6.07) is 2.08. The maximum atomic E-state index is 12.5. The monoisotopic (exact) mass is 360 g/mol. The molecule has 1 aliphatic rings. The summed E-state index contributed by atoms with van der Waals surface area (Å²) in [5.74, 6) is 0.786. The summed E-state index contributed by atoms with van der Waals surface area (Å²) in [6.45, 7) is 4.28. The van der Waals surface area contributed by atoms with Gasteiger partial charge in [-0.2, -0.15) is 5.26 Å². The number of nitrogens with zero attached hydrogens (tertiary/aromatic N) is 4. The topological polar surface area (TPSA) is 69.9 Å². The number of thiophene rings is 1. The van der Waals surface area contributed by atoms with Gasteiger partial charge in [-0.1, -0.05) is 11.8 Å². The van der Waals surface area contributed by atoms with Crippen molar-refractivity contribution in [2.45, 2.75) is 49.8 Å². The van der Waals surface area contributed by atoms with E-state index in [0.717, 1.165) is 33.9 Å². The summed E-state index contributed by atoms with van der Waals surface area (Å²) < 4.78 is 0. The van der Waals surface area contributed by atoms with Crippen LogP contribution in [-0.2, 0) is 17.6 Å². The molecule has 0 spiro atoms. The van der Waals surface area contributed by atoms with Crippen molar-refractivity contribution in [3.8, 4) is 6.07 Å². The number of nitriles is 1. The Kier molecular flexibility index (Phi) is 5.07. The summed E-state index contributed by atoms with van der Waals surface area (Å²) in [6.07, 6.45) is 3.76. The van der Waals surface area contributed by atoms with Gasteiger partial charge in [-0.05, 0) is 38.7 Å². The standard InChI is InChI=1S/C17H20N4OS2/c1-10(17(22)21(3)9-5-8-18)23-15-14-12-6-4-7-13(12)24-16(14)20-11(2)19-15/h10H,4-7,9H2,1-3H3/t10-/m1/s1. The van der Waals surface area contributed by atoms with E-state index in [9.17, 15) is 4.79 Å². The molecule has 1 atom stereocenters. The molecule has 24 heavy (non-hydrogen) atoms. The Morgan fingerprint density at radius 1 is 1.46 bits per heavy atom. The zero-order valence-corrected chi connectivity index (χ0v) is 15.8. The highest BCUT2D eigenvalue weighted by molar-refractivity contribution is 8.00. The molecule has 5 nitrogen and oxygen atoms in total. The maximum Gasteiger partial charge on any atom is 0.235 e. The zero-order chi connectivity index (χ0) is 17.3. The highest BCUT2D eigenvalue weighted by atomic mass is 32.2. The number of carbonyl (C=O) groups excluding carboxylic acids is 1. The first-order chi connectivity index (χ1) is 11.5. The molecule has 2 aromatic heterocycles. The molecule has 0 bridgehead atoms. The Labute approximate surface area is 150 Å². The Bertz CT molecular complexity index is 824. The van der Waals surface area contributed by atoms with E-state index in [-0.39, 0.29) is 11.2 Å². The summed E-state index contributed by atoms with van der Waals surface area (Å²) in [7, 11) is 1.75. The molecule has 7 heteroatoms. The van der Waals surface area contributed by atoms with Gasteiger partial charge >= 0.3 is 0 Å². The first-order valence-corrected chi connectivity index (χ1v) is 9.78. The van der Waals surface area contributed by atoms with E-state index in [4.69, 9.17) is 5.26 Å². The summed E-state index contributed by atoms with van der Waals surface area (Å²) in [4.78, 5) is 25.8. The summed E-state index contributed by atoms with van der Waals surface area (Å²) >= 11 is 3.28. The van der Waals surface area contributed by atoms with E-state index >= 15 is 0 Å². The first kappa shape index (κ1) is 17.2. The van der Waals surface area contributed by atoms with E-state index < -0.39 is 0 Å². The van der Waals surface area contributed by atoms with Crippen LogP contribution < -0.4 is 0 Å². The second kappa shape index (κ2) is 7.08. The molecule has 0 unspecified atom stereocenters. The van der Waals surface area contributed by atoms with Gasteiger partial charge in [-0.25, -0.2) is 9.97 Å². The van der Waals surface area contributed by atoms with E-state index in [0.29, 0.717) is 13.0 Å². The summed E-state index contributed by atoms with van der Waals surface area (Å²) in [5, 5.41) is 10.5. The van der Waals surface area contributed by atoms with Crippen molar-refractivity contribution >= 4 is 39.2 Å². The van der Waals surface area contributed by atoms with Crippen molar-refractivity contribution in [2.75, 3.05) is 13.6 Å². The third-order valence-electron chi connectivity index (χ3n) is 4.21. The number of rotatable bonds is 5. The molecule has 0 radical (unpaired) electrons. The van der Waals surface area contributed by atoms with Crippen LogP contribution in [0.4, 0.5) is 0 Å². The molecule has 126 valence electrons. The largest absolute Gasteiger partial charge is 0.344 e. The number of carbonyl (C=O) groups is 1. The van der Waals surface area contributed by atoms with Gasteiger partial charge in [0.1, 0.15) is 15.7 Å². The first-order valence-electron chi connectivity index (χ1n) is 8.08. The van der Waals surface area contributed by atoms with Crippen LogP contribution in [0.1, 0.15) is 36.0 Å². The highest BCUT2D eigenvalue weighted by Crippen LogP contribution is 2.41. The van der Waals surface area contributed by atoms with Gasteiger partial charge in [-0.15, -0.1) is 11.3 Å². The van der Waals surface area contributed by atoms with Crippen molar-refractivity contribution in [3.05, 3.63) is 16.3 Å². The van der Waals surface area contributed by atoms with Gasteiger partial charge in [0, 0.05) is 23.9 Å². The van der Waals surface area contributed by atoms with Gasteiger partial charge in [0.15, 0.2) is 0 Å². The fraction of sp³-hybridized carbons (Fsp3) is 0.529. The normalized spacial score (nSPS) is 14.4. The molecule has 3 rings (SSSR count). The van der Waals surface area contributed by atoms with Gasteiger partial charge in [0.05, 0.1) is 17.7 Å². The average Bonchev–Trinajstić information content (AvgIpc) is 3.11. The zero-order valence-electron chi connectivity index (χ0n) is 14.1. The molecular formula is C17H20N4OS2. The predicted molar refractivity (Wildman–Crippen MR) is 97.4 cm³/mol. The second-order valence-corrected chi connectivity index (χ2v) is 8.45. The van der Waals surface area contributed by atoms with Crippen LogP contribution in [0, 0.1) is 18.3 Å². The van der Waals surface area contributed by atoms with E-state index in [2.05, 4.69) is 16.0 Å². The van der Waals surface area contributed by atoms with E-state index in [1.165, 1.54) is 28.6 Å². The number of hydrogen-bond donors (Lipinski definition) is 0. The third kappa shape index (κ3) is 3.26. The van der Waals surface area contributed by atoms with Crippen LogP contribution in [0.15, 0.2) is 5.03 Å². The molecular weight excluding hydrogens is 340 g/mol. The molecule has 1 aliphatic carbocycles. The van der Waals surface area contributed by atoms with E-state index in [1.807, 2.05) is 13.8 Å². The lowest BCUT2D eigenvalue weighted by atomic mass is 10.2. The Balaban J connectivity index is 1.87. The van der Waals surface area contributed by atoms with Crippen LogP contribution in [0.2, 0.25) is 0 Å². The minimum Gasteiger partial charge on any atom is -0.344 e. The number of thioether (sulfide) groups is 1. The van der Waals surface area contributed by atoms with Gasteiger partial charge in [0.2, 0.25) is 5.91 Å². The molecule has 0 aliphatic heterocycles. The van der Waals surface area contributed by atoms with Crippen LogP contribution >= 0.6 is 23.1 Å². The Morgan fingerprint density at radius 3 is 3.00 bits per heavy atom. The number of hydrogen-bond acceptors (Lipinski definition) is 6. The van der Waals surface area contributed by atoms with Crippen molar-refractivity contribution in [3.63, 3.8) is 0 Å². The summed E-state index contributed by atoms with van der Waals surface area (Å²) in [5.41, 5.74) is 1.38. The van der Waals surface area contributed by atoms with Crippen molar-refractivity contribution < 1.29 is 4.79 Å². The lowest BCUT2D eigenvalue weighted by Gasteiger charge is -2.20. The fourth-order valence-corrected chi connectivity index (χ4v) is 5.51. The lowest BCUT2D eigenvalue weighted by molar-refractivity contribution is -0.128. The Hall–Kier alpha value is -1.65. The minimum absolute atomic E-state index is 0.0338. The second-order valence-electron chi connectivity index (χ2n) is 6.04. The molecule has 0 saturated heterocycles. The highest BCUT2D eigenvalue weighted by Gasteiger charge is 2.25. The minimum atomic E-state index is -0.233. The molecule has 0 N–H and O–H groups in total. The molecule has 0 fully saturated rings. The molecule has 0 aromatic carbocycles. The van der Waals surface area contributed by atoms with E-state index in [1.54, 1.807) is 23.3 Å². The van der Waals surface area contributed by atoms with Gasteiger partial charge in [0.25, 0.3) is 0 Å². The van der Waals surface area contributed by atoms with Crippen molar-refractivity contribution in [2.24, 2.45) is 0 Å². The predicted octanol–water partition coefficient (Wildman–Crippen LogP) is 3.34. The maximum absolute atomic E-state index is 12.5. The van der Waals surface area contributed by atoms with Crippen molar-refractivity contribution in [1.82, 2.24) is 14.9 Å². The van der Waals surface area contributed by atoms with Crippen molar-refractivity contribution in [1.29, 1.82) is 5.26 Å². The number of fused-ring (bicyclic) bond motifs is 3. The van der Waals surface area contributed by atoms with Crippen LogP contribution in [0.25, 0.3) is 10.2 Å². The van der Waals surface area contributed by atoms with Gasteiger partial charge in [-0.3, -0.25) is 4.79 Å².